The second-order valence-electron chi connectivity index (χ2n) is 9.43. The molecule has 5 heteroatoms. The summed E-state index contributed by atoms with van der Waals surface area (Å²) in [6.07, 6.45) is 6.43. The fourth-order valence-electron chi connectivity index (χ4n) is 6.45. The van der Waals surface area contributed by atoms with Gasteiger partial charge in [-0.2, -0.15) is 0 Å². The van der Waals surface area contributed by atoms with E-state index in [0.717, 1.165) is 43.5 Å². The Kier molecular flexibility index (Phi) is 4.27. The van der Waals surface area contributed by atoms with E-state index in [1.54, 1.807) is 0 Å². The van der Waals surface area contributed by atoms with Gasteiger partial charge < -0.3 is 10.6 Å². The highest BCUT2D eigenvalue weighted by Crippen LogP contribution is 2.55. The van der Waals surface area contributed by atoms with E-state index in [0.29, 0.717) is 17.9 Å². The molecule has 150 valence electrons. The molecule has 0 bridgehead atoms. The van der Waals surface area contributed by atoms with E-state index in [2.05, 4.69) is 29.4 Å². The molecule has 1 aromatic carbocycles. The van der Waals surface area contributed by atoms with Crippen LogP contribution in [0.3, 0.4) is 0 Å². The first kappa shape index (κ1) is 18.2. The van der Waals surface area contributed by atoms with Gasteiger partial charge in [-0.3, -0.25) is 14.5 Å². The van der Waals surface area contributed by atoms with Crippen molar-refractivity contribution in [3.8, 4) is 0 Å². The van der Waals surface area contributed by atoms with Crippen LogP contribution in [0.1, 0.15) is 57.9 Å². The summed E-state index contributed by atoms with van der Waals surface area (Å²) >= 11 is 0. The Morgan fingerprint density at radius 1 is 1.18 bits per heavy atom. The minimum absolute atomic E-state index is 0.0108. The molecule has 1 saturated carbocycles. The van der Waals surface area contributed by atoms with Gasteiger partial charge in [0.2, 0.25) is 11.8 Å². The van der Waals surface area contributed by atoms with Gasteiger partial charge in [-0.05, 0) is 50.1 Å². The SMILES string of the molecule is CC1CCCC(NC(=O)C2CC3CCCN3C23C(=O)Nc2ccccc23)C1C. The highest BCUT2D eigenvalue weighted by atomic mass is 16.2. The molecule has 1 aliphatic carbocycles. The van der Waals surface area contributed by atoms with Crippen LogP contribution in [0, 0.1) is 17.8 Å². The number of rotatable bonds is 2. The van der Waals surface area contributed by atoms with Crippen LogP contribution in [-0.2, 0) is 15.1 Å². The fourth-order valence-corrected chi connectivity index (χ4v) is 6.45. The van der Waals surface area contributed by atoms with Crippen molar-refractivity contribution in [1.29, 1.82) is 0 Å². The fraction of sp³-hybridized carbons (Fsp3) is 0.652. The van der Waals surface area contributed by atoms with E-state index in [1.807, 2.05) is 24.3 Å². The highest BCUT2D eigenvalue weighted by molar-refractivity contribution is 6.09. The average Bonchev–Trinajstić information content (AvgIpc) is 3.34. The number of hydrogen-bond donors (Lipinski definition) is 2. The first-order chi connectivity index (χ1) is 13.5. The number of hydrogen-bond acceptors (Lipinski definition) is 3. The van der Waals surface area contributed by atoms with Gasteiger partial charge >= 0.3 is 0 Å². The molecule has 28 heavy (non-hydrogen) atoms. The van der Waals surface area contributed by atoms with E-state index >= 15 is 0 Å². The molecule has 4 aliphatic rings. The lowest BCUT2D eigenvalue weighted by molar-refractivity contribution is -0.138. The van der Waals surface area contributed by atoms with Crippen LogP contribution in [-0.4, -0.2) is 35.3 Å². The molecule has 5 nitrogen and oxygen atoms in total. The van der Waals surface area contributed by atoms with Crippen molar-refractivity contribution in [3.05, 3.63) is 29.8 Å². The third-order valence-corrected chi connectivity index (χ3v) is 8.13. The Bertz CT molecular complexity index is 809. The summed E-state index contributed by atoms with van der Waals surface area (Å²) in [4.78, 5) is 29.3. The Morgan fingerprint density at radius 2 is 2.00 bits per heavy atom. The van der Waals surface area contributed by atoms with Gasteiger partial charge in [0.25, 0.3) is 0 Å². The molecule has 2 amide bonds. The number of nitrogens with zero attached hydrogens (tertiary/aromatic N) is 1. The lowest BCUT2D eigenvalue weighted by Crippen LogP contribution is -2.56. The van der Waals surface area contributed by atoms with Gasteiger partial charge in [0.1, 0.15) is 5.54 Å². The monoisotopic (exact) mass is 381 g/mol. The third-order valence-electron chi connectivity index (χ3n) is 8.13. The number of para-hydroxylation sites is 1. The summed E-state index contributed by atoms with van der Waals surface area (Å²) in [7, 11) is 0. The number of nitrogens with one attached hydrogen (secondary N) is 2. The zero-order valence-electron chi connectivity index (χ0n) is 16.9. The smallest absolute Gasteiger partial charge is 0.250 e. The largest absolute Gasteiger partial charge is 0.353 e. The van der Waals surface area contributed by atoms with E-state index < -0.39 is 5.54 Å². The molecule has 1 spiro atoms. The number of carbonyl (C=O) groups excluding carboxylic acids is 2. The number of benzene rings is 1. The first-order valence-corrected chi connectivity index (χ1v) is 11.0. The summed E-state index contributed by atoms with van der Waals surface area (Å²) in [6, 6.07) is 8.50. The quantitative estimate of drug-likeness (QED) is 0.827. The summed E-state index contributed by atoms with van der Waals surface area (Å²) in [5, 5.41) is 6.47. The van der Waals surface area contributed by atoms with Crippen LogP contribution in [0.5, 0.6) is 0 Å². The molecule has 6 atom stereocenters. The Hall–Kier alpha value is -1.88. The van der Waals surface area contributed by atoms with Crippen LogP contribution >= 0.6 is 0 Å². The third kappa shape index (κ3) is 2.41. The van der Waals surface area contributed by atoms with Gasteiger partial charge in [0.15, 0.2) is 0 Å². The van der Waals surface area contributed by atoms with E-state index in [4.69, 9.17) is 0 Å². The molecular formula is C23H31N3O2. The van der Waals surface area contributed by atoms with Crippen molar-refractivity contribution in [3.63, 3.8) is 0 Å². The summed E-state index contributed by atoms with van der Waals surface area (Å²) in [5.74, 6) is 0.871. The zero-order chi connectivity index (χ0) is 19.5. The minimum atomic E-state index is -0.828. The molecule has 0 aromatic heterocycles. The topological polar surface area (TPSA) is 61.4 Å². The van der Waals surface area contributed by atoms with Crippen molar-refractivity contribution in [2.45, 2.75) is 70.0 Å². The second-order valence-corrected chi connectivity index (χ2v) is 9.43. The number of anilines is 1. The van der Waals surface area contributed by atoms with Gasteiger partial charge in [0.05, 0.1) is 5.92 Å². The maximum absolute atomic E-state index is 13.6. The molecule has 3 heterocycles. The Morgan fingerprint density at radius 3 is 2.86 bits per heavy atom. The maximum Gasteiger partial charge on any atom is 0.250 e. The molecule has 3 aliphatic heterocycles. The lowest BCUT2D eigenvalue weighted by atomic mass is 9.76. The predicted molar refractivity (Wildman–Crippen MR) is 109 cm³/mol. The number of carbonyl (C=O) groups is 2. The van der Waals surface area contributed by atoms with Gasteiger partial charge in [-0.25, -0.2) is 0 Å². The molecular weight excluding hydrogens is 350 g/mol. The normalized spacial score (nSPS) is 39.6. The summed E-state index contributed by atoms with van der Waals surface area (Å²) < 4.78 is 0. The number of fused-ring (bicyclic) bond motifs is 4. The molecule has 3 fully saturated rings. The molecule has 2 N–H and O–H groups in total. The van der Waals surface area contributed by atoms with Gasteiger partial charge in [-0.1, -0.05) is 44.9 Å². The van der Waals surface area contributed by atoms with Crippen molar-refractivity contribution >= 4 is 17.5 Å². The Labute approximate surface area is 167 Å². The minimum Gasteiger partial charge on any atom is -0.353 e. The van der Waals surface area contributed by atoms with Crippen molar-refractivity contribution in [2.24, 2.45) is 17.8 Å². The van der Waals surface area contributed by atoms with Crippen LogP contribution in [0.25, 0.3) is 0 Å². The maximum atomic E-state index is 13.6. The van der Waals surface area contributed by atoms with E-state index in [1.165, 1.54) is 12.8 Å². The summed E-state index contributed by atoms with van der Waals surface area (Å²) in [6.45, 7) is 5.44. The number of amides is 2. The molecule has 0 radical (unpaired) electrons. The Balaban J connectivity index is 1.50. The molecule has 5 rings (SSSR count). The van der Waals surface area contributed by atoms with Crippen LogP contribution in [0.15, 0.2) is 24.3 Å². The average molecular weight is 382 g/mol. The molecule has 6 unspecified atom stereocenters. The van der Waals surface area contributed by atoms with E-state index in [9.17, 15) is 9.59 Å². The lowest BCUT2D eigenvalue weighted by Gasteiger charge is -2.39. The molecule has 2 saturated heterocycles. The standard InChI is InChI=1S/C23H31N3O2/c1-14-7-5-11-19(15(14)2)24-21(27)18-13-16-8-6-12-26(16)23(18)17-9-3-4-10-20(17)25-22(23)28/h3-4,9-10,14-16,18-19H,5-8,11-13H2,1-2H3,(H,24,27)(H,25,28). The van der Waals surface area contributed by atoms with Crippen LogP contribution in [0.2, 0.25) is 0 Å². The van der Waals surface area contributed by atoms with Crippen LogP contribution in [0.4, 0.5) is 5.69 Å². The second kappa shape index (κ2) is 6.58. The van der Waals surface area contributed by atoms with Gasteiger partial charge in [0, 0.05) is 23.3 Å². The van der Waals surface area contributed by atoms with Gasteiger partial charge in [-0.15, -0.1) is 0 Å². The predicted octanol–water partition coefficient (Wildman–Crippen LogP) is 3.26. The van der Waals surface area contributed by atoms with Crippen molar-refractivity contribution in [1.82, 2.24) is 10.2 Å². The molecule has 1 aromatic rings. The van der Waals surface area contributed by atoms with E-state index in [-0.39, 0.29) is 23.8 Å². The van der Waals surface area contributed by atoms with Crippen molar-refractivity contribution in [2.75, 3.05) is 11.9 Å². The first-order valence-electron chi connectivity index (χ1n) is 11.0. The zero-order valence-corrected chi connectivity index (χ0v) is 16.9. The summed E-state index contributed by atoms with van der Waals surface area (Å²) in [5.41, 5.74) is 1.04. The highest BCUT2D eigenvalue weighted by Gasteiger charge is 2.65. The van der Waals surface area contributed by atoms with Crippen molar-refractivity contribution < 1.29 is 9.59 Å². The van der Waals surface area contributed by atoms with Crippen LogP contribution < -0.4 is 10.6 Å².